The van der Waals surface area contributed by atoms with Gasteiger partial charge in [0.1, 0.15) is 11.5 Å². The quantitative estimate of drug-likeness (QED) is 0.874. The van der Waals surface area contributed by atoms with E-state index in [0.717, 1.165) is 12.8 Å². The molecular formula is C19H24FN3O2. The molecule has 6 heteroatoms. The maximum Gasteiger partial charge on any atom is 0.276 e. The van der Waals surface area contributed by atoms with Crippen molar-refractivity contribution in [3.8, 4) is 5.69 Å². The van der Waals surface area contributed by atoms with Gasteiger partial charge in [-0.2, -0.15) is 5.10 Å². The lowest BCUT2D eigenvalue weighted by molar-refractivity contribution is 0.0929. The summed E-state index contributed by atoms with van der Waals surface area (Å²) < 4.78 is 15.3. The van der Waals surface area contributed by atoms with Crippen molar-refractivity contribution >= 4 is 5.91 Å². The number of para-hydroxylation sites is 1. The predicted octanol–water partition coefficient (Wildman–Crippen LogP) is 3.23. The highest BCUT2D eigenvalue weighted by Crippen LogP contribution is 2.13. The Morgan fingerprint density at radius 2 is 1.92 bits per heavy atom. The number of rotatable bonds is 6. The molecule has 134 valence electrons. The molecule has 1 amide bonds. The Morgan fingerprint density at radius 3 is 2.56 bits per heavy atom. The number of benzene rings is 1. The zero-order valence-electron chi connectivity index (χ0n) is 15.0. The van der Waals surface area contributed by atoms with E-state index in [2.05, 4.69) is 24.3 Å². The highest BCUT2D eigenvalue weighted by molar-refractivity contribution is 5.92. The van der Waals surface area contributed by atoms with Crippen LogP contribution in [0.2, 0.25) is 0 Å². The molecule has 2 aromatic rings. The van der Waals surface area contributed by atoms with Gasteiger partial charge < -0.3 is 5.32 Å². The van der Waals surface area contributed by atoms with Crippen LogP contribution in [0, 0.1) is 18.7 Å². The second-order valence-corrected chi connectivity index (χ2v) is 6.71. The molecule has 2 rings (SSSR count). The molecule has 5 nitrogen and oxygen atoms in total. The van der Waals surface area contributed by atoms with Gasteiger partial charge in [-0.1, -0.05) is 26.0 Å². The molecule has 1 unspecified atom stereocenters. The number of hydrogen-bond acceptors (Lipinski definition) is 3. The lowest BCUT2D eigenvalue weighted by Crippen LogP contribution is -2.37. The van der Waals surface area contributed by atoms with E-state index in [1.165, 1.54) is 16.8 Å². The van der Waals surface area contributed by atoms with Crippen LogP contribution in [-0.4, -0.2) is 21.7 Å². The van der Waals surface area contributed by atoms with Gasteiger partial charge in [0.2, 0.25) is 5.43 Å². The van der Waals surface area contributed by atoms with E-state index in [9.17, 15) is 14.0 Å². The maximum atomic E-state index is 14.0. The minimum Gasteiger partial charge on any atom is -0.348 e. The van der Waals surface area contributed by atoms with Crippen LogP contribution < -0.4 is 10.7 Å². The fraction of sp³-hybridized carbons (Fsp3) is 0.421. The van der Waals surface area contributed by atoms with Gasteiger partial charge in [0, 0.05) is 17.8 Å². The van der Waals surface area contributed by atoms with Crippen LogP contribution >= 0.6 is 0 Å². The zero-order valence-corrected chi connectivity index (χ0v) is 15.0. The highest BCUT2D eigenvalue weighted by atomic mass is 19.1. The summed E-state index contributed by atoms with van der Waals surface area (Å²) in [5.74, 6) is -0.472. The molecule has 1 aromatic heterocycles. The first-order chi connectivity index (χ1) is 11.8. The van der Waals surface area contributed by atoms with E-state index in [-0.39, 0.29) is 17.4 Å². The molecule has 0 bridgehead atoms. The standard InChI is InChI=1S/C19H24FN3O2/c1-12(2)9-10-13(3)21-19(25)18-17(24)11-14(4)23(22-18)16-8-6-5-7-15(16)20/h5-8,11-13H,9-10H2,1-4H3,(H,21,25). The maximum absolute atomic E-state index is 14.0. The summed E-state index contributed by atoms with van der Waals surface area (Å²) in [6, 6.07) is 7.33. The lowest BCUT2D eigenvalue weighted by atomic mass is 10.0. The summed E-state index contributed by atoms with van der Waals surface area (Å²) in [4.78, 5) is 24.6. The Hall–Kier alpha value is -2.50. The van der Waals surface area contributed by atoms with Gasteiger partial charge >= 0.3 is 0 Å². The fourth-order valence-corrected chi connectivity index (χ4v) is 2.52. The monoisotopic (exact) mass is 345 g/mol. The van der Waals surface area contributed by atoms with Gasteiger partial charge in [-0.05, 0) is 44.7 Å². The van der Waals surface area contributed by atoms with Crippen molar-refractivity contribution in [2.75, 3.05) is 0 Å². The molecule has 0 radical (unpaired) electrons. The Bertz CT molecular complexity index is 815. The third-order valence-corrected chi connectivity index (χ3v) is 3.96. The van der Waals surface area contributed by atoms with Crippen LogP contribution in [0.25, 0.3) is 5.69 Å². The van der Waals surface area contributed by atoms with Crippen LogP contribution in [0.5, 0.6) is 0 Å². The summed E-state index contributed by atoms with van der Waals surface area (Å²) in [7, 11) is 0. The number of amides is 1. The number of nitrogens with one attached hydrogen (secondary N) is 1. The second-order valence-electron chi connectivity index (χ2n) is 6.71. The molecule has 0 fully saturated rings. The van der Waals surface area contributed by atoms with Crippen molar-refractivity contribution < 1.29 is 9.18 Å². The van der Waals surface area contributed by atoms with Crippen LogP contribution in [-0.2, 0) is 0 Å². The fourth-order valence-electron chi connectivity index (χ4n) is 2.52. The summed E-state index contributed by atoms with van der Waals surface area (Å²) in [6.45, 7) is 7.77. The van der Waals surface area contributed by atoms with Crippen LogP contribution in [0.15, 0.2) is 35.1 Å². The summed E-state index contributed by atoms with van der Waals surface area (Å²) >= 11 is 0. The molecule has 1 atom stereocenters. The molecule has 1 heterocycles. The van der Waals surface area contributed by atoms with E-state index in [4.69, 9.17) is 0 Å². The molecule has 0 aliphatic heterocycles. The molecule has 25 heavy (non-hydrogen) atoms. The van der Waals surface area contributed by atoms with Crippen molar-refractivity contribution in [2.24, 2.45) is 5.92 Å². The van der Waals surface area contributed by atoms with Gasteiger partial charge in [0.25, 0.3) is 5.91 Å². The Balaban J connectivity index is 2.30. The largest absolute Gasteiger partial charge is 0.348 e. The van der Waals surface area contributed by atoms with Crippen molar-refractivity contribution in [3.63, 3.8) is 0 Å². The average molecular weight is 345 g/mol. The number of aromatic nitrogens is 2. The molecule has 1 aromatic carbocycles. The number of carbonyl (C=O) groups is 1. The van der Waals surface area contributed by atoms with Gasteiger partial charge in [-0.3, -0.25) is 9.59 Å². The van der Waals surface area contributed by atoms with Crippen molar-refractivity contribution in [3.05, 3.63) is 57.8 Å². The van der Waals surface area contributed by atoms with Crippen molar-refractivity contribution in [1.29, 1.82) is 0 Å². The van der Waals surface area contributed by atoms with E-state index in [1.807, 2.05) is 6.92 Å². The lowest BCUT2D eigenvalue weighted by Gasteiger charge is -2.16. The summed E-state index contributed by atoms with van der Waals surface area (Å²) in [5, 5.41) is 6.90. The highest BCUT2D eigenvalue weighted by Gasteiger charge is 2.18. The number of carbonyl (C=O) groups excluding carboxylic acids is 1. The van der Waals surface area contributed by atoms with Gasteiger partial charge in [-0.25, -0.2) is 9.07 Å². The Kier molecular flexibility index (Phi) is 6.07. The van der Waals surface area contributed by atoms with Crippen molar-refractivity contribution in [2.45, 2.75) is 46.6 Å². The van der Waals surface area contributed by atoms with E-state index < -0.39 is 17.2 Å². The average Bonchev–Trinajstić information content (AvgIpc) is 2.54. The van der Waals surface area contributed by atoms with E-state index in [1.54, 1.807) is 25.1 Å². The molecule has 1 N–H and O–H groups in total. The minimum absolute atomic E-state index is 0.0701. The third-order valence-electron chi connectivity index (χ3n) is 3.96. The first-order valence-electron chi connectivity index (χ1n) is 8.46. The summed E-state index contributed by atoms with van der Waals surface area (Å²) in [6.07, 6.45) is 1.79. The number of aryl methyl sites for hydroxylation is 1. The zero-order chi connectivity index (χ0) is 18.6. The number of halogens is 1. The molecule has 0 aliphatic carbocycles. The normalized spacial score (nSPS) is 12.2. The Labute approximate surface area is 146 Å². The van der Waals surface area contributed by atoms with E-state index in [0.29, 0.717) is 11.6 Å². The first-order valence-corrected chi connectivity index (χ1v) is 8.46. The molecule has 0 saturated heterocycles. The molecule has 0 aliphatic rings. The molecule has 0 spiro atoms. The Morgan fingerprint density at radius 1 is 1.24 bits per heavy atom. The topological polar surface area (TPSA) is 64.0 Å². The first kappa shape index (κ1) is 18.8. The predicted molar refractivity (Wildman–Crippen MR) is 95.5 cm³/mol. The summed E-state index contributed by atoms with van der Waals surface area (Å²) in [5.41, 5.74) is -0.0506. The van der Waals surface area contributed by atoms with Crippen LogP contribution in [0.3, 0.4) is 0 Å². The van der Waals surface area contributed by atoms with Gasteiger partial charge in [-0.15, -0.1) is 0 Å². The third kappa shape index (κ3) is 4.75. The van der Waals surface area contributed by atoms with Gasteiger partial charge in [0.15, 0.2) is 5.69 Å². The van der Waals surface area contributed by atoms with Crippen LogP contribution in [0.1, 0.15) is 49.8 Å². The smallest absolute Gasteiger partial charge is 0.276 e. The van der Waals surface area contributed by atoms with E-state index >= 15 is 0 Å². The van der Waals surface area contributed by atoms with Gasteiger partial charge in [0.05, 0.1) is 0 Å². The van der Waals surface area contributed by atoms with Crippen molar-refractivity contribution in [1.82, 2.24) is 15.1 Å². The minimum atomic E-state index is -0.536. The number of hydrogen-bond donors (Lipinski definition) is 1. The van der Waals surface area contributed by atoms with Crippen LogP contribution in [0.4, 0.5) is 4.39 Å². The number of nitrogens with zero attached hydrogens (tertiary/aromatic N) is 2. The second kappa shape index (κ2) is 8.05. The molecule has 0 saturated carbocycles. The molecular weight excluding hydrogens is 321 g/mol. The SMILES string of the molecule is Cc1cc(=O)c(C(=O)NC(C)CCC(C)C)nn1-c1ccccc1F.